The molecule has 0 radical (unpaired) electrons. The molecule has 25 heavy (non-hydrogen) atoms. The SMILES string of the molecule is Cc1c(O)ccc2c(CN3CCCCC3C3OCCO3)cc(=O)oc12. The molecule has 1 atom stereocenters. The van der Waals surface area contributed by atoms with Gasteiger partial charge in [-0.15, -0.1) is 0 Å². The molecule has 2 aliphatic heterocycles. The zero-order valence-electron chi connectivity index (χ0n) is 14.4. The third kappa shape index (κ3) is 3.17. The summed E-state index contributed by atoms with van der Waals surface area (Å²) in [5.74, 6) is 0.136. The van der Waals surface area contributed by atoms with Gasteiger partial charge in [-0.25, -0.2) is 4.79 Å². The Morgan fingerprint density at radius 1 is 1.24 bits per heavy atom. The Labute approximate surface area is 145 Å². The number of phenolic OH excluding ortho intramolecular Hbond substituents is 1. The van der Waals surface area contributed by atoms with Crippen molar-refractivity contribution in [1.29, 1.82) is 0 Å². The van der Waals surface area contributed by atoms with Gasteiger partial charge in [-0.05, 0) is 44.0 Å². The van der Waals surface area contributed by atoms with Gasteiger partial charge >= 0.3 is 5.63 Å². The van der Waals surface area contributed by atoms with E-state index in [0.29, 0.717) is 30.9 Å². The molecule has 134 valence electrons. The summed E-state index contributed by atoms with van der Waals surface area (Å²) in [6.45, 7) is 4.64. The predicted octanol–water partition coefficient (Wildman–Crippen LogP) is 2.53. The van der Waals surface area contributed by atoms with Crippen molar-refractivity contribution < 1.29 is 19.0 Å². The summed E-state index contributed by atoms with van der Waals surface area (Å²) in [5, 5.41) is 10.8. The van der Waals surface area contributed by atoms with E-state index in [4.69, 9.17) is 13.9 Å². The van der Waals surface area contributed by atoms with Crippen LogP contribution in [0, 0.1) is 6.92 Å². The largest absolute Gasteiger partial charge is 0.508 e. The van der Waals surface area contributed by atoms with Crippen LogP contribution in [-0.2, 0) is 16.0 Å². The lowest BCUT2D eigenvalue weighted by Crippen LogP contribution is -2.46. The Morgan fingerprint density at radius 2 is 2.04 bits per heavy atom. The molecule has 1 N–H and O–H groups in total. The average molecular weight is 345 g/mol. The molecular formula is C19H23NO5. The van der Waals surface area contributed by atoms with Crippen molar-refractivity contribution in [3.05, 3.63) is 39.7 Å². The van der Waals surface area contributed by atoms with Crippen molar-refractivity contribution in [2.75, 3.05) is 19.8 Å². The molecule has 6 nitrogen and oxygen atoms in total. The molecule has 2 saturated heterocycles. The minimum absolute atomic E-state index is 0.136. The van der Waals surface area contributed by atoms with Crippen molar-refractivity contribution in [2.24, 2.45) is 0 Å². The van der Waals surface area contributed by atoms with Gasteiger partial charge in [-0.2, -0.15) is 0 Å². The van der Waals surface area contributed by atoms with Crippen molar-refractivity contribution >= 4 is 11.0 Å². The van der Waals surface area contributed by atoms with Crippen LogP contribution in [0.4, 0.5) is 0 Å². The maximum Gasteiger partial charge on any atom is 0.336 e. The molecule has 4 rings (SSSR count). The molecule has 0 amide bonds. The Hall–Kier alpha value is -1.89. The first-order chi connectivity index (χ1) is 12.1. The van der Waals surface area contributed by atoms with Crippen LogP contribution in [0.3, 0.4) is 0 Å². The number of nitrogens with zero attached hydrogens (tertiary/aromatic N) is 1. The second-order valence-electron chi connectivity index (χ2n) is 6.82. The van der Waals surface area contributed by atoms with Gasteiger partial charge in [0.1, 0.15) is 11.3 Å². The third-order valence-corrected chi connectivity index (χ3v) is 5.22. The maximum absolute atomic E-state index is 12.0. The standard InChI is InChI=1S/C19H23NO5/c1-12-16(21)6-5-14-13(10-17(22)25-18(12)14)11-20-7-3-2-4-15(20)19-23-8-9-24-19/h5-6,10,15,19,21H,2-4,7-9,11H2,1H3. The summed E-state index contributed by atoms with van der Waals surface area (Å²) in [6, 6.07) is 5.23. The van der Waals surface area contributed by atoms with E-state index in [1.807, 2.05) is 6.07 Å². The fourth-order valence-corrected chi connectivity index (χ4v) is 3.89. The molecule has 2 aromatic rings. The number of hydrogen-bond acceptors (Lipinski definition) is 6. The average Bonchev–Trinajstić information content (AvgIpc) is 3.13. The van der Waals surface area contributed by atoms with Crippen LogP contribution in [0.1, 0.15) is 30.4 Å². The van der Waals surface area contributed by atoms with Crippen LogP contribution >= 0.6 is 0 Å². The van der Waals surface area contributed by atoms with Crippen LogP contribution in [0.5, 0.6) is 5.75 Å². The van der Waals surface area contributed by atoms with Crippen molar-refractivity contribution in [1.82, 2.24) is 4.90 Å². The van der Waals surface area contributed by atoms with Crippen LogP contribution < -0.4 is 5.63 Å². The first-order valence-corrected chi connectivity index (χ1v) is 8.86. The molecule has 2 fully saturated rings. The molecule has 3 heterocycles. The molecule has 6 heteroatoms. The van der Waals surface area contributed by atoms with Gasteiger partial charge in [0.25, 0.3) is 0 Å². The minimum Gasteiger partial charge on any atom is -0.508 e. The highest BCUT2D eigenvalue weighted by Gasteiger charge is 2.34. The second-order valence-corrected chi connectivity index (χ2v) is 6.82. The number of aromatic hydroxyl groups is 1. The first-order valence-electron chi connectivity index (χ1n) is 8.86. The molecule has 0 aliphatic carbocycles. The molecule has 2 aliphatic rings. The fourth-order valence-electron chi connectivity index (χ4n) is 3.89. The summed E-state index contributed by atoms with van der Waals surface area (Å²) < 4.78 is 16.8. The molecule has 0 bridgehead atoms. The first kappa shape index (κ1) is 16.6. The normalized spacial score (nSPS) is 22.7. The highest BCUT2D eigenvalue weighted by atomic mass is 16.7. The number of piperidine rings is 1. The van der Waals surface area contributed by atoms with Gasteiger partial charge in [0.2, 0.25) is 0 Å². The Morgan fingerprint density at radius 3 is 2.84 bits per heavy atom. The number of fused-ring (bicyclic) bond motifs is 1. The molecule has 1 aromatic carbocycles. The summed E-state index contributed by atoms with van der Waals surface area (Å²) >= 11 is 0. The number of ether oxygens (including phenoxy) is 2. The molecular weight excluding hydrogens is 322 g/mol. The van der Waals surface area contributed by atoms with E-state index in [9.17, 15) is 9.90 Å². The van der Waals surface area contributed by atoms with E-state index in [2.05, 4.69) is 4.90 Å². The van der Waals surface area contributed by atoms with E-state index in [0.717, 1.165) is 36.8 Å². The lowest BCUT2D eigenvalue weighted by Gasteiger charge is -2.38. The monoisotopic (exact) mass is 345 g/mol. The summed E-state index contributed by atoms with van der Waals surface area (Å²) in [6.07, 6.45) is 3.14. The summed E-state index contributed by atoms with van der Waals surface area (Å²) in [7, 11) is 0. The number of rotatable bonds is 3. The van der Waals surface area contributed by atoms with Crippen LogP contribution in [0.15, 0.2) is 27.4 Å². The lowest BCUT2D eigenvalue weighted by molar-refractivity contribution is -0.111. The smallest absolute Gasteiger partial charge is 0.336 e. The van der Waals surface area contributed by atoms with E-state index in [-0.39, 0.29) is 18.1 Å². The van der Waals surface area contributed by atoms with Gasteiger partial charge in [0.15, 0.2) is 6.29 Å². The maximum atomic E-state index is 12.0. The van der Waals surface area contributed by atoms with E-state index < -0.39 is 5.63 Å². The van der Waals surface area contributed by atoms with Gasteiger partial charge in [0, 0.05) is 23.6 Å². The highest BCUT2D eigenvalue weighted by Crippen LogP contribution is 2.30. The van der Waals surface area contributed by atoms with Crippen LogP contribution in [0.2, 0.25) is 0 Å². The third-order valence-electron chi connectivity index (χ3n) is 5.22. The summed E-state index contributed by atoms with van der Waals surface area (Å²) in [4.78, 5) is 14.4. The Balaban J connectivity index is 1.69. The lowest BCUT2D eigenvalue weighted by atomic mass is 9.99. The zero-order valence-corrected chi connectivity index (χ0v) is 14.4. The summed E-state index contributed by atoms with van der Waals surface area (Å²) in [5.41, 5.74) is 1.58. The van der Waals surface area contributed by atoms with Crippen LogP contribution in [-0.4, -0.2) is 42.1 Å². The number of aryl methyl sites for hydroxylation is 1. The van der Waals surface area contributed by atoms with E-state index in [1.54, 1.807) is 19.1 Å². The Bertz CT molecular complexity index is 824. The van der Waals surface area contributed by atoms with Crippen molar-refractivity contribution in [3.63, 3.8) is 0 Å². The van der Waals surface area contributed by atoms with Gasteiger partial charge in [0.05, 0.1) is 19.3 Å². The van der Waals surface area contributed by atoms with Gasteiger partial charge in [-0.3, -0.25) is 4.90 Å². The van der Waals surface area contributed by atoms with Gasteiger partial charge in [-0.1, -0.05) is 6.42 Å². The van der Waals surface area contributed by atoms with E-state index >= 15 is 0 Å². The van der Waals surface area contributed by atoms with Crippen LogP contribution in [0.25, 0.3) is 11.0 Å². The number of likely N-dealkylation sites (tertiary alicyclic amines) is 1. The minimum atomic E-state index is -0.391. The quantitative estimate of drug-likeness (QED) is 0.862. The van der Waals surface area contributed by atoms with Gasteiger partial charge < -0.3 is 19.0 Å². The number of phenols is 1. The molecule has 1 aromatic heterocycles. The molecule has 0 saturated carbocycles. The second kappa shape index (κ2) is 6.78. The van der Waals surface area contributed by atoms with Crippen molar-refractivity contribution in [2.45, 2.75) is 45.1 Å². The zero-order chi connectivity index (χ0) is 17.4. The fraction of sp³-hybridized carbons (Fsp3) is 0.526. The topological polar surface area (TPSA) is 72.1 Å². The molecule has 1 unspecified atom stereocenters. The number of hydrogen-bond donors (Lipinski definition) is 1. The highest BCUT2D eigenvalue weighted by molar-refractivity contribution is 5.84. The van der Waals surface area contributed by atoms with Crippen molar-refractivity contribution in [3.8, 4) is 5.75 Å². The Kier molecular flexibility index (Phi) is 4.50. The van der Waals surface area contributed by atoms with E-state index in [1.165, 1.54) is 0 Å². The molecule has 0 spiro atoms. The number of benzene rings is 1. The predicted molar refractivity (Wildman–Crippen MR) is 92.6 cm³/mol.